The number of nitrogens with zero attached hydrogens (tertiary/aromatic N) is 2. The molecule has 0 N–H and O–H groups in total. The Balaban J connectivity index is 2.20. The zero-order chi connectivity index (χ0) is 13.3. The summed E-state index contributed by atoms with van der Waals surface area (Å²) in [6, 6.07) is 7.23. The van der Waals surface area contributed by atoms with Gasteiger partial charge in [0, 0.05) is 30.2 Å². The lowest BCUT2D eigenvalue weighted by Gasteiger charge is -2.38. The number of benzene rings is 1. The number of carbonyl (C=O) groups is 2. The van der Waals surface area contributed by atoms with Crippen LogP contribution in [0.4, 0.5) is 5.69 Å². The molecule has 1 fully saturated rings. The molecule has 18 heavy (non-hydrogen) atoms. The summed E-state index contributed by atoms with van der Waals surface area (Å²) in [6.45, 7) is 4.40. The molecule has 1 heterocycles. The monoisotopic (exact) mass is 310 g/mol. The second kappa shape index (κ2) is 5.10. The van der Waals surface area contributed by atoms with Crippen molar-refractivity contribution in [2.24, 2.45) is 0 Å². The van der Waals surface area contributed by atoms with Gasteiger partial charge in [-0.25, -0.2) is 0 Å². The number of piperazine rings is 1. The van der Waals surface area contributed by atoms with Crippen LogP contribution in [0.15, 0.2) is 28.7 Å². The molecule has 4 nitrogen and oxygen atoms in total. The maximum Gasteiger partial charge on any atom is 0.249 e. The molecule has 1 aliphatic heterocycles. The van der Waals surface area contributed by atoms with Crippen LogP contribution in [0.5, 0.6) is 0 Å². The molecule has 0 aromatic heterocycles. The molecule has 2 amide bonds. The van der Waals surface area contributed by atoms with Gasteiger partial charge in [-0.1, -0.05) is 15.9 Å². The van der Waals surface area contributed by atoms with Crippen molar-refractivity contribution in [2.45, 2.75) is 19.9 Å². The molecule has 1 atom stereocenters. The first kappa shape index (κ1) is 13.1. The predicted molar refractivity (Wildman–Crippen MR) is 73.3 cm³/mol. The Morgan fingerprint density at radius 1 is 1.28 bits per heavy atom. The van der Waals surface area contributed by atoms with Crippen LogP contribution in [-0.2, 0) is 9.59 Å². The Bertz CT molecular complexity index is 472. The molecular weight excluding hydrogens is 296 g/mol. The SMILES string of the molecule is CC(=O)N1CCN(c2ccc(Br)cc2)C(=O)C1C. The fraction of sp³-hybridized carbons (Fsp3) is 0.385. The topological polar surface area (TPSA) is 40.6 Å². The minimum Gasteiger partial charge on any atom is -0.329 e. The van der Waals surface area contributed by atoms with Crippen LogP contribution < -0.4 is 4.90 Å². The molecule has 0 aliphatic carbocycles. The van der Waals surface area contributed by atoms with E-state index in [0.29, 0.717) is 13.1 Å². The number of hydrogen-bond donors (Lipinski definition) is 0. The molecule has 96 valence electrons. The van der Waals surface area contributed by atoms with E-state index in [1.807, 2.05) is 24.3 Å². The smallest absolute Gasteiger partial charge is 0.249 e. The summed E-state index contributed by atoms with van der Waals surface area (Å²) in [6.07, 6.45) is 0. The highest BCUT2D eigenvalue weighted by molar-refractivity contribution is 9.10. The Morgan fingerprint density at radius 3 is 2.44 bits per heavy atom. The molecule has 1 saturated heterocycles. The molecule has 0 spiro atoms. The Morgan fingerprint density at radius 2 is 1.89 bits per heavy atom. The van der Waals surface area contributed by atoms with Crippen molar-refractivity contribution in [1.82, 2.24) is 4.90 Å². The zero-order valence-electron chi connectivity index (χ0n) is 10.4. The summed E-state index contributed by atoms with van der Waals surface area (Å²) in [5, 5.41) is 0. The zero-order valence-corrected chi connectivity index (χ0v) is 12.0. The lowest BCUT2D eigenvalue weighted by molar-refractivity contribution is -0.139. The minimum atomic E-state index is -0.389. The molecule has 2 rings (SSSR count). The fourth-order valence-electron chi connectivity index (χ4n) is 2.18. The summed E-state index contributed by atoms with van der Waals surface area (Å²) in [5.41, 5.74) is 0.873. The molecule has 0 radical (unpaired) electrons. The molecule has 1 unspecified atom stereocenters. The summed E-state index contributed by atoms with van der Waals surface area (Å²) in [4.78, 5) is 27.0. The molecule has 0 bridgehead atoms. The lowest BCUT2D eigenvalue weighted by atomic mass is 10.1. The average molecular weight is 311 g/mol. The van der Waals surface area contributed by atoms with E-state index in [2.05, 4.69) is 15.9 Å². The van der Waals surface area contributed by atoms with Crippen molar-refractivity contribution in [1.29, 1.82) is 0 Å². The second-order valence-electron chi connectivity index (χ2n) is 4.35. The summed E-state index contributed by atoms with van der Waals surface area (Å²) in [7, 11) is 0. The van der Waals surface area contributed by atoms with Crippen LogP contribution in [0.25, 0.3) is 0 Å². The number of anilines is 1. The normalized spacial score (nSPS) is 20.2. The number of carbonyl (C=O) groups excluding carboxylic acids is 2. The van der Waals surface area contributed by atoms with Gasteiger partial charge < -0.3 is 9.80 Å². The first-order valence-corrected chi connectivity index (χ1v) is 6.64. The van der Waals surface area contributed by atoms with Gasteiger partial charge in [0.15, 0.2) is 0 Å². The van der Waals surface area contributed by atoms with Crippen molar-refractivity contribution in [3.05, 3.63) is 28.7 Å². The third-order valence-corrected chi connectivity index (χ3v) is 3.73. The van der Waals surface area contributed by atoms with E-state index in [-0.39, 0.29) is 17.9 Å². The third kappa shape index (κ3) is 2.41. The van der Waals surface area contributed by atoms with Crippen LogP contribution in [0.1, 0.15) is 13.8 Å². The molecular formula is C13H15BrN2O2. The largest absolute Gasteiger partial charge is 0.329 e. The van der Waals surface area contributed by atoms with E-state index in [0.717, 1.165) is 10.2 Å². The highest BCUT2D eigenvalue weighted by Gasteiger charge is 2.33. The van der Waals surface area contributed by atoms with Crippen molar-refractivity contribution in [3.8, 4) is 0 Å². The van der Waals surface area contributed by atoms with E-state index in [9.17, 15) is 9.59 Å². The van der Waals surface area contributed by atoms with E-state index in [4.69, 9.17) is 0 Å². The van der Waals surface area contributed by atoms with E-state index < -0.39 is 0 Å². The third-order valence-electron chi connectivity index (χ3n) is 3.20. The van der Waals surface area contributed by atoms with Crippen LogP contribution >= 0.6 is 15.9 Å². The average Bonchev–Trinajstić information content (AvgIpc) is 2.33. The van der Waals surface area contributed by atoms with E-state index in [1.165, 1.54) is 6.92 Å². The maximum absolute atomic E-state index is 12.2. The van der Waals surface area contributed by atoms with Gasteiger partial charge in [0.25, 0.3) is 0 Å². The Kier molecular flexibility index (Phi) is 3.71. The van der Waals surface area contributed by atoms with Crippen molar-refractivity contribution in [2.75, 3.05) is 18.0 Å². The Hall–Kier alpha value is -1.36. The minimum absolute atomic E-state index is 0.0289. The summed E-state index contributed by atoms with van der Waals surface area (Å²) in [5.74, 6) is -0.0786. The van der Waals surface area contributed by atoms with Crippen LogP contribution in [0, 0.1) is 0 Å². The summed E-state index contributed by atoms with van der Waals surface area (Å²) >= 11 is 3.37. The van der Waals surface area contributed by atoms with Crippen molar-refractivity contribution < 1.29 is 9.59 Å². The van der Waals surface area contributed by atoms with Gasteiger partial charge in [0.1, 0.15) is 6.04 Å². The van der Waals surface area contributed by atoms with Crippen LogP contribution in [0.3, 0.4) is 0 Å². The lowest BCUT2D eigenvalue weighted by Crippen LogP contribution is -2.57. The highest BCUT2D eigenvalue weighted by Crippen LogP contribution is 2.22. The van der Waals surface area contributed by atoms with E-state index in [1.54, 1.807) is 16.7 Å². The van der Waals surface area contributed by atoms with Gasteiger partial charge in [0.05, 0.1) is 0 Å². The van der Waals surface area contributed by atoms with Gasteiger partial charge in [-0.2, -0.15) is 0 Å². The quantitative estimate of drug-likeness (QED) is 0.796. The predicted octanol–water partition coefficient (Wildman–Crippen LogP) is 2.03. The highest BCUT2D eigenvalue weighted by atomic mass is 79.9. The maximum atomic E-state index is 12.2. The van der Waals surface area contributed by atoms with Gasteiger partial charge in [0.2, 0.25) is 11.8 Å². The van der Waals surface area contributed by atoms with Gasteiger partial charge in [-0.3, -0.25) is 9.59 Å². The van der Waals surface area contributed by atoms with Crippen LogP contribution in [-0.4, -0.2) is 35.8 Å². The Labute approximate surface area is 115 Å². The first-order valence-electron chi connectivity index (χ1n) is 5.85. The van der Waals surface area contributed by atoms with Crippen molar-refractivity contribution >= 4 is 33.4 Å². The van der Waals surface area contributed by atoms with Crippen molar-refractivity contribution in [3.63, 3.8) is 0 Å². The van der Waals surface area contributed by atoms with Gasteiger partial charge in [-0.15, -0.1) is 0 Å². The van der Waals surface area contributed by atoms with Gasteiger partial charge in [-0.05, 0) is 31.2 Å². The number of amides is 2. The molecule has 1 aromatic rings. The molecule has 1 aliphatic rings. The molecule has 5 heteroatoms. The van der Waals surface area contributed by atoms with Crippen LogP contribution in [0.2, 0.25) is 0 Å². The molecule has 1 aromatic carbocycles. The van der Waals surface area contributed by atoms with Gasteiger partial charge >= 0.3 is 0 Å². The first-order chi connectivity index (χ1) is 8.50. The summed E-state index contributed by atoms with van der Waals surface area (Å²) < 4.78 is 0.981. The standard InChI is InChI=1S/C13H15BrN2O2/c1-9-13(18)16(8-7-15(9)10(2)17)12-5-3-11(14)4-6-12/h3-6,9H,7-8H2,1-2H3. The molecule has 0 saturated carbocycles. The second-order valence-corrected chi connectivity index (χ2v) is 5.27. The number of rotatable bonds is 1. The number of halogens is 1. The van der Waals surface area contributed by atoms with E-state index >= 15 is 0 Å². The number of hydrogen-bond acceptors (Lipinski definition) is 2. The fourth-order valence-corrected chi connectivity index (χ4v) is 2.44.